The third kappa shape index (κ3) is 4.40. The molecule has 0 saturated carbocycles. The molecule has 0 fully saturated rings. The normalized spacial score (nSPS) is 17.5. The van der Waals surface area contributed by atoms with Gasteiger partial charge in [0, 0.05) is 24.2 Å². The van der Waals surface area contributed by atoms with Crippen molar-refractivity contribution in [1.82, 2.24) is 20.3 Å². The van der Waals surface area contributed by atoms with Gasteiger partial charge in [-0.25, -0.2) is 4.68 Å². The Kier molecular flexibility index (Phi) is 5.46. The van der Waals surface area contributed by atoms with Crippen molar-refractivity contribution >= 4 is 26.5 Å². The molecule has 1 unspecified atom stereocenters. The number of furan rings is 1. The Morgan fingerprint density at radius 2 is 2.12 bits per heavy atom. The maximum absolute atomic E-state index is 5.72. The monoisotopic (exact) mass is 408 g/mol. The number of halogens is 1. The molecule has 0 spiro atoms. The molecule has 1 N–H and O–H groups in total. The summed E-state index contributed by atoms with van der Waals surface area (Å²) in [6.07, 6.45) is 3.10. The van der Waals surface area contributed by atoms with Crippen LogP contribution in [0.3, 0.4) is 0 Å². The van der Waals surface area contributed by atoms with Crippen LogP contribution in [0.4, 0.5) is 0 Å². The molecule has 1 atom stereocenters. The quantitative estimate of drug-likeness (QED) is 0.790. The van der Waals surface area contributed by atoms with Crippen LogP contribution in [0, 0.1) is 5.41 Å². The fourth-order valence-corrected chi connectivity index (χ4v) is 3.52. The van der Waals surface area contributed by atoms with E-state index in [0.717, 1.165) is 39.7 Å². The summed E-state index contributed by atoms with van der Waals surface area (Å²) < 4.78 is 13.9. The highest BCUT2D eigenvalue weighted by atomic mass is 79.9. The van der Waals surface area contributed by atoms with E-state index in [4.69, 9.17) is 9.15 Å². The van der Waals surface area contributed by atoms with E-state index in [1.54, 1.807) is 7.11 Å². The Bertz CT molecular complexity index is 847. The summed E-state index contributed by atoms with van der Waals surface area (Å²) in [5.41, 5.74) is 0.163. The van der Waals surface area contributed by atoms with Crippen molar-refractivity contribution in [1.29, 1.82) is 0 Å². The van der Waals surface area contributed by atoms with Gasteiger partial charge in [0.05, 0.1) is 11.9 Å². The number of ether oxygens (including phenoxy) is 1. The van der Waals surface area contributed by atoms with Crippen LogP contribution in [0.2, 0.25) is 0 Å². The number of methoxy groups -OCH3 is 1. The van der Waals surface area contributed by atoms with Crippen molar-refractivity contribution in [3.63, 3.8) is 0 Å². The average Bonchev–Trinajstić information content (AvgIpc) is 3.13. The molecule has 25 heavy (non-hydrogen) atoms. The van der Waals surface area contributed by atoms with Gasteiger partial charge in [-0.15, -0.1) is 5.10 Å². The van der Waals surface area contributed by atoms with Gasteiger partial charge >= 0.3 is 0 Å². The van der Waals surface area contributed by atoms with E-state index in [2.05, 4.69) is 58.4 Å². The third-order valence-corrected chi connectivity index (χ3v) is 4.93. The standard InChI is InChI=1S/C18H25BrN4O2/c1-18(2,3)11-23-15-8-7-14(16(19)17(15)21-22-23)20-9-12-5-6-13(25-12)10-24-4/h5-6,8,14,20H,7,9-11H2,1-4H3. The zero-order valence-electron chi connectivity index (χ0n) is 15.2. The Labute approximate surface area is 156 Å². The number of rotatable bonds is 6. The minimum Gasteiger partial charge on any atom is -0.462 e. The third-order valence-electron chi connectivity index (χ3n) is 4.00. The molecule has 0 bridgehead atoms. The second-order valence-electron chi connectivity index (χ2n) is 7.56. The second kappa shape index (κ2) is 7.43. The molecule has 2 aromatic heterocycles. The van der Waals surface area contributed by atoms with Gasteiger partial charge in [-0.1, -0.05) is 48.0 Å². The lowest BCUT2D eigenvalue weighted by molar-refractivity contribution is 0.162. The van der Waals surface area contributed by atoms with Gasteiger partial charge in [0.2, 0.25) is 0 Å². The van der Waals surface area contributed by atoms with Crippen LogP contribution in [0.1, 0.15) is 38.7 Å². The number of nitrogens with one attached hydrogen (secondary N) is 1. The Morgan fingerprint density at radius 3 is 2.84 bits per heavy atom. The largest absolute Gasteiger partial charge is 0.462 e. The molecule has 0 aromatic carbocycles. The molecular formula is C18H25BrN4O2. The molecule has 0 saturated heterocycles. The molecule has 0 aliphatic heterocycles. The first-order chi connectivity index (χ1) is 11.9. The predicted octanol–water partition coefficient (Wildman–Crippen LogP) is 1.91. The lowest BCUT2D eigenvalue weighted by Crippen LogP contribution is -2.42. The van der Waals surface area contributed by atoms with Crippen molar-refractivity contribution in [2.45, 2.75) is 52.9 Å². The molecule has 136 valence electrons. The van der Waals surface area contributed by atoms with Gasteiger partial charge in [-0.3, -0.25) is 0 Å². The van der Waals surface area contributed by atoms with Crippen molar-refractivity contribution in [2.75, 3.05) is 7.11 Å². The maximum Gasteiger partial charge on any atom is 0.129 e. The van der Waals surface area contributed by atoms with Crippen molar-refractivity contribution < 1.29 is 9.15 Å². The summed E-state index contributed by atoms with van der Waals surface area (Å²) >= 11 is 3.72. The van der Waals surface area contributed by atoms with Crippen LogP contribution >= 0.6 is 15.9 Å². The molecule has 1 aliphatic carbocycles. The van der Waals surface area contributed by atoms with Crippen LogP contribution in [-0.2, 0) is 24.4 Å². The highest BCUT2D eigenvalue weighted by Crippen LogP contribution is 2.18. The molecule has 2 aromatic rings. The summed E-state index contributed by atoms with van der Waals surface area (Å²) in [6, 6.07) is 4.10. The number of hydrogen-bond acceptors (Lipinski definition) is 5. The smallest absolute Gasteiger partial charge is 0.129 e. The number of aromatic nitrogens is 3. The summed E-state index contributed by atoms with van der Waals surface area (Å²) in [7, 11) is 1.66. The Hall–Kier alpha value is -1.44. The Morgan fingerprint density at radius 1 is 1.36 bits per heavy atom. The first-order valence-electron chi connectivity index (χ1n) is 8.47. The predicted molar refractivity (Wildman–Crippen MR) is 100 cm³/mol. The van der Waals surface area contributed by atoms with Gasteiger partial charge in [-0.05, 0) is 24.0 Å². The molecule has 1 aliphatic rings. The number of hydrogen-bond donors (Lipinski definition) is 1. The average molecular weight is 409 g/mol. The molecule has 2 heterocycles. The highest BCUT2D eigenvalue weighted by Gasteiger charge is 2.21. The van der Waals surface area contributed by atoms with Crippen molar-refractivity contribution in [2.24, 2.45) is 5.41 Å². The minimum absolute atomic E-state index is 0.163. The number of nitrogens with zero attached hydrogens (tertiary/aromatic N) is 3. The minimum atomic E-state index is 0.163. The zero-order valence-corrected chi connectivity index (χ0v) is 16.8. The van der Waals surface area contributed by atoms with Crippen LogP contribution in [0.5, 0.6) is 0 Å². The van der Waals surface area contributed by atoms with E-state index >= 15 is 0 Å². The summed E-state index contributed by atoms with van der Waals surface area (Å²) in [5, 5.41) is 14.2. The van der Waals surface area contributed by atoms with Gasteiger partial charge < -0.3 is 14.5 Å². The van der Waals surface area contributed by atoms with Crippen LogP contribution < -0.4 is 16.0 Å². The van der Waals surface area contributed by atoms with Crippen LogP contribution in [0.15, 0.2) is 16.5 Å². The van der Waals surface area contributed by atoms with Gasteiger partial charge in [0.15, 0.2) is 0 Å². The summed E-state index contributed by atoms with van der Waals surface area (Å²) in [5.74, 6) is 1.74. The van der Waals surface area contributed by atoms with Crippen molar-refractivity contribution in [3.8, 4) is 0 Å². The first-order valence-corrected chi connectivity index (χ1v) is 9.26. The van der Waals surface area contributed by atoms with Crippen molar-refractivity contribution in [3.05, 3.63) is 34.4 Å². The molecule has 3 rings (SSSR count). The molecule has 0 radical (unpaired) electrons. The lowest BCUT2D eigenvalue weighted by atomic mass is 9.97. The number of fused-ring (bicyclic) bond motifs is 1. The fourth-order valence-electron chi connectivity index (χ4n) is 2.89. The van der Waals surface area contributed by atoms with Gasteiger partial charge in [0.1, 0.15) is 23.5 Å². The topological polar surface area (TPSA) is 65.1 Å². The van der Waals surface area contributed by atoms with E-state index in [1.165, 1.54) is 0 Å². The van der Waals surface area contributed by atoms with Crippen LogP contribution in [0.25, 0.3) is 10.6 Å². The molecule has 6 nitrogen and oxygen atoms in total. The Balaban J connectivity index is 1.72. The second-order valence-corrected chi connectivity index (χ2v) is 8.42. The van der Waals surface area contributed by atoms with E-state index in [0.29, 0.717) is 13.2 Å². The van der Waals surface area contributed by atoms with E-state index in [9.17, 15) is 0 Å². The lowest BCUT2D eigenvalue weighted by Gasteiger charge is -2.20. The molecular weight excluding hydrogens is 384 g/mol. The highest BCUT2D eigenvalue weighted by molar-refractivity contribution is 9.15. The van der Waals surface area contributed by atoms with Crippen LogP contribution in [-0.4, -0.2) is 28.1 Å². The maximum atomic E-state index is 5.72. The van der Waals surface area contributed by atoms with E-state index < -0.39 is 0 Å². The summed E-state index contributed by atoms with van der Waals surface area (Å²) in [6.45, 7) is 8.60. The molecule has 0 amide bonds. The van der Waals surface area contributed by atoms with Gasteiger partial charge in [0.25, 0.3) is 0 Å². The van der Waals surface area contributed by atoms with E-state index in [-0.39, 0.29) is 11.5 Å². The van der Waals surface area contributed by atoms with Gasteiger partial charge in [-0.2, -0.15) is 0 Å². The zero-order chi connectivity index (χ0) is 18.0. The fraction of sp³-hybridized carbons (Fsp3) is 0.556. The SMILES string of the molecule is COCc1ccc(CNC2CC=c3c(nnn3CC(C)(C)C)=C2Br)o1. The van der Waals surface area contributed by atoms with E-state index in [1.807, 2.05) is 16.8 Å². The molecule has 7 heteroatoms. The summed E-state index contributed by atoms with van der Waals surface area (Å²) in [4.78, 5) is 0. The first kappa shape index (κ1) is 18.4.